The summed E-state index contributed by atoms with van der Waals surface area (Å²) in [6, 6.07) is 5.09. The third-order valence-electron chi connectivity index (χ3n) is 2.33. The van der Waals surface area contributed by atoms with Crippen LogP contribution in [0.3, 0.4) is 0 Å². The Bertz CT molecular complexity index is 639. The quantitative estimate of drug-likeness (QED) is 0.450. The zero-order chi connectivity index (χ0) is 14.0. The number of hydrogen-bond donors (Lipinski definition) is 0. The van der Waals surface area contributed by atoms with Gasteiger partial charge in [0.15, 0.2) is 0 Å². The van der Waals surface area contributed by atoms with Gasteiger partial charge in [0.25, 0.3) is 5.69 Å². The first-order valence-corrected chi connectivity index (χ1v) is 5.24. The Balaban J connectivity index is 0.00000200. The largest absolute Gasteiger partial charge is 1.00 e. The number of nitrogens with zero attached hydrogens (tertiary/aromatic N) is 2. The van der Waals surface area contributed by atoms with Crippen LogP contribution in [0.15, 0.2) is 30.5 Å². The molecule has 0 aliphatic rings. The van der Waals surface area contributed by atoms with Crippen LogP contribution >= 0.6 is 0 Å². The van der Waals surface area contributed by atoms with Gasteiger partial charge in [-0.25, -0.2) is 0 Å². The fourth-order valence-corrected chi connectivity index (χ4v) is 1.59. The normalized spacial score (nSPS) is 10.9. The van der Waals surface area contributed by atoms with Gasteiger partial charge >= 0.3 is 58.4 Å². The summed E-state index contributed by atoms with van der Waals surface area (Å²) in [5.74, 6) is -0.125. The first-order chi connectivity index (χ1) is 8.88. The molecule has 1 aromatic heterocycles. The first kappa shape index (κ1) is 17.4. The molecule has 20 heavy (non-hydrogen) atoms. The van der Waals surface area contributed by atoms with Gasteiger partial charge in [0.2, 0.25) is 0 Å². The van der Waals surface area contributed by atoms with E-state index in [1.54, 1.807) is 0 Å². The minimum Gasteiger partial charge on any atom is -0.520 e. The molecule has 10 heteroatoms. The van der Waals surface area contributed by atoms with Crippen molar-refractivity contribution in [1.82, 2.24) is 4.98 Å². The summed E-state index contributed by atoms with van der Waals surface area (Å²) >= 11 is 0. The smallest absolute Gasteiger partial charge is 0.520 e. The molecule has 5 nitrogen and oxygen atoms in total. The summed E-state index contributed by atoms with van der Waals surface area (Å²) in [6.45, 7) is -6.51. The van der Waals surface area contributed by atoms with Crippen LogP contribution in [-0.2, 0) is 0 Å². The molecule has 100 valence electrons. The number of fused-ring (bicyclic) bond motifs is 1. The minimum absolute atomic E-state index is 0. The molecule has 0 unspecified atom stereocenters. The van der Waals surface area contributed by atoms with E-state index in [4.69, 9.17) is 0 Å². The fraction of sp³-hybridized carbons (Fsp3) is 0.100. The third-order valence-corrected chi connectivity index (χ3v) is 2.33. The van der Waals surface area contributed by atoms with Crippen molar-refractivity contribution in [2.24, 2.45) is 0 Å². The van der Waals surface area contributed by atoms with E-state index in [1.165, 1.54) is 18.3 Å². The SMILES string of the molecule is O=[N+]([O-])c1ccc(OC[B-](F)(F)F)c2ncccc12.[K+]. The van der Waals surface area contributed by atoms with Gasteiger partial charge in [0.05, 0.1) is 16.8 Å². The molecule has 2 rings (SSSR count). The molecule has 0 radical (unpaired) electrons. The maximum atomic E-state index is 12.2. The summed E-state index contributed by atoms with van der Waals surface area (Å²) in [5, 5.41) is 10.9. The second-order valence-corrected chi connectivity index (χ2v) is 3.76. The van der Waals surface area contributed by atoms with Gasteiger partial charge in [-0.3, -0.25) is 15.1 Å². The fourth-order valence-electron chi connectivity index (χ4n) is 1.59. The van der Waals surface area contributed by atoms with E-state index in [0.29, 0.717) is 0 Å². The van der Waals surface area contributed by atoms with Crippen molar-refractivity contribution in [3.05, 3.63) is 40.6 Å². The van der Waals surface area contributed by atoms with Crippen LogP contribution in [0.2, 0.25) is 0 Å². The number of benzene rings is 1. The van der Waals surface area contributed by atoms with Gasteiger partial charge in [-0.15, -0.1) is 0 Å². The summed E-state index contributed by atoms with van der Waals surface area (Å²) in [5.41, 5.74) is -0.190. The van der Waals surface area contributed by atoms with Crippen LogP contribution in [0.5, 0.6) is 5.75 Å². The zero-order valence-corrected chi connectivity index (χ0v) is 13.5. The van der Waals surface area contributed by atoms with Crippen LogP contribution in [0.1, 0.15) is 0 Å². The van der Waals surface area contributed by atoms with Gasteiger partial charge in [0, 0.05) is 12.3 Å². The van der Waals surface area contributed by atoms with Crippen molar-refractivity contribution in [3.63, 3.8) is 0 Å². The van der Waals surface area contributed by atoms with Crippen molar-refractivity contribution in [3.8, 4) is 5.75 Å². The van der Waals surface area contributed by atoms with Gasteiger partial charge < -0.3 is 17.7 Å². The van der Waals surface area contributed by atoms with Gasteiger partial charge in [-0.05, 0) is 18.2 Å². The van der Waals surface area contributed by atoms with E-state index in [2.05, 4.69) is 9.72 Å². The van der Waals surface area contributed by atoms with E-state index in [0.717, 1.165) is 12.1 Å². The molecule has 0 fully saturated rings. The minimum atomic E-state index is -5.10. The van der Waals surface area contributed by atoms with Crippen LogP contribution in [0.25, 0.3) is 10.9 Å². The van der Waals surface area contributed by atoms with Gasteiger partial charge in [-0.2, -0.15) is 0 Å². The van der Waals surface area contributed by atoms with E-state index in [-0.39, 0.29) is 73.7 Å². The van der Waals surface area contributed by atoms with Gasteiger partial charge in [0.1, 0.15) is 11.3 Å². The summed E-state index contributed by atoms with van der Waals surface area (Å²) < 4.78 is 41.1. The molecule has 0 saturated heterocycles. The Labute approximate surface area is 154 Å². The summed E-state index contributed by atoms with van der Waals surface area (Å²) in [6.07, 6.45) is 1.33. The molecule has 0 N–H and O–H groups in total. The Kier molecular flexibility index (Phi) is 5.95. The van der Waals surface area contributed by atoms with Crippen molar-refractivity contribution >= 4 is 23.6 Å². The topological polar surface area (TPSA) is 65.3 Å². The second-order valence-electron chi connectivity index (χ2n) is 3.76. The molecule has 2 aromatic rings. The number of non-ortho nitro benzene ring substituents is 1. The maximum Gasteiger partial charge on any atom is 1.00 e. The number of rotatable bonds is 4. The number of nitro benzene ring substituents is 1. The number of hydrogen-bond acceptors (Lipinski definition) is 4. The van der Waals surface area contributed by atoms with Crippen molar-refractivity contribution in [1.29, 1.82) is 0 Å². The maximum absolute atomic E-state index is 12.2. The Morgan fingerprint density at radius 2 is 2.00 bits per heavy atom. The molecular weight excluding hydrogens is 303 g/mol. The average Bonchev–Trinajstić information content (AvgIpc) is 2.34. The van der Waals surface area contributed by atoms with E-state index in [1.807, 2.05) is 0 Å². The predicted octanol–water partition coefficient (Wildman–Crippen LogP) is -0.0876. The first-order valence-electron chi connectivity index (χ1n) is 5.24. The van der Waals surface area contributed by atoms with Crippen LogP contribution in [-0.4, -0.2) is 23.4 Å². The van der Waals surface area contributed by atoms with Crippen molar-refractivity contribution in [2.75, 3.05) is 6.51 Å². The predicted molar refractivity (Wildman–Crippen MR) is 63.0 cm³/mol. The number of nitro groups is 1. The number of halogens is 3. The summed E-state index contributed by atoms with van der Waals surface area (Å²) in [7, 11) is 0. The second kappa shape index (κ2) is 6.85. The average molecular weight is 310 g/mol. The number of aromatic nitrogens is 1. The molecular formula is C10H7BF3KN2O3. The molecule has 1 heterocycles. The third kappa shape index (κ3) is 4.16. The molecule has 0 aliphatic heterocycles. The molecule has 0 aliphatic carbocycles. The van der Waals surface area contributed by atoms with Crippen LogP contribution < -0.4 is 56.1 Å². The Morgan fingerprint density at radius 3 is 2.60 bits per heavy atom. The van der Waals surface area contributed by atoms with Crippen molar-refractivity contribution in [2.45, 2.75) is 0 Å². The molecule has 0 bridgehead atoms. The van der Waals surface area contributed by atoms with Crippen LogP contribution in [0, 0.1) is 10.1 Å². The molecule has 0 spiro atoms. The van der Waals surface area contributed by atoms with E-state index in [9.17, 15) is 23.1 Å². The standard InChI is InChI=1S/C10H7BF3N2O3.K/c12-11(13,14)6-19-9-4-3-8(16(17)18)7-2-1-5-15-10(7)9;/h1-5H,6H2;/q-1;+1. The van der Waals surface area contributed by atoms with Crippen LogP contribution in [0.4, 0.5) is 18.6 Å². The molecule has 1 aromatic carbocycles. The van der Waals surface area contributed by atoms with E-state index < -0.39 is 18.4 Å². The van der Waals surface area contributed by atoms with Crippen molar-refractivity contribution < 1.29 is 74.0 Å². The Morgan fingerprint density at radius 1 is 1.30 bits per heavy atom. The molecule has 0 saturated carbocycles. The monoisotopic (exact) mass is 310 g/mol. The Hall–Kier alpha value is -0.679. The molecule has 0 amide bonds. The summed E-state index contributed by atoms with van der Waals surface area (Å²) in [4.78, 5) is 14.0. The number of ether oxygens (including phenoxy) is 1. The molecule has 0 atom stereocenters. The number of pyridine rings is 1. The van der Waals surface area contributed by atoms with Gasteiger partial charge in [-0.1, -0.05) is 0 Å². The van der Waals surface area contributed by atoms with E-state index >= 15 is 0 Å². The zero-order valence-electron chi connectivity index (χ0n) is 10.4.